The van der Waals surface area contributed by atoms with Crippen LogP contribution in [0.4, 0.5) is 5.69 Å². The maximum absolute atomic E-state index is 12.0. The lowest BCUT2D eigenvalue weighted by Gasteiger charge is -2.21. The predicted octanol–water partition coefficient (Wildman–Crippen LogP) is 1.68. The zero-order chi connectivity index (χ0) is 12.8. The van der Waals surface area contributed by atoms with E-state index >= 15 is 0 Å². The monoisotopic (exact) mass is 248 g/mol. The topological polar surface area (TPSA) is 80.0 Å². The Labute approximate surface area is 107 Å². The van der Waals surface area contributed by atoms with E-state index in [9.17, 15) is 4.79 Å². The molecular weight excluding hydrogens is 228 g/mol. The van der Waals surface area contributed by atoms with Crippen LogP contribution in [0.25, 0.3) is 0 Å². The van der Waals surface area contributed by atoms with Crippen molar-refractivity contribution in [2.45, 2.75) is 32.1 Å². The number of nitrogens with one attached hydrogen (secondary N) is 2. The minimum absolute atomic E-state index is 0.0871. The molecule has 1 amide bonds. The number of nitrogen functional groups attached to an aromatic ring is 1. The highest BCUT2D eigenvalue weighted by Gasteiger charge is 2.16. The van der Waals surface area contributed by atoms with E-state index in [0.717, 1.165) is 6.54 Å². The lowest BCUT2D eigenvalue weighted by Crippen LogP contribution is -2.31. The van der Waals surface area contributed by atoms with Crippen LogP contribution in [0.3, 0.4) is 0 Å². The minimum atomic E-state index is -0.0871. The van der Waals surface area contributed by atoms with Crippen LogP contribution in [0.15, 0.2) is 18.5 Å². The molecule has 0 radical (unpaired) electrons. The lowest BCUT2D eigenvalue weighted by atomic mass is 9.89. The fourth-order valence-corrected chi connectivity index (χ4v) is 2.43. The molecule has 1 aliphatic rings. The van der Waals surface area contributed by atoms with Crippen LogP contribution in [0, 0.1) is 5.92 Å². The van der Waals surface area contributed by atoms with Gasteiger partial charge in [-0.05, 0) is 24.8 Å². The molecule has 18 heavy (non-hydrogen) atoms. The highest BCUT2D eigenvalue weighted by atomic mass is 16.1. The highest BCUT2D eigenvalue weighted by Crippen LogP contribution is 2.23. The molecule has 1 aromatic rings. The van der Waals surface area contributed by atoms with Crippen molar-refractivity contribution in [1.29, 1.82) is 0 Å². The number of nitrogens with two attached hydrogens (primary N) is 1. The SMILES string of the molecule is NNc1cnccc1C(=O)NCC1CCCCC1. The average Bonchev–Trinajstić information content (AvgIpc) is 2.45. The molecule has 2 rings (SSSR count). The maximum atomic E-state index is 12.0. The van der Waals surface area contributed by atoms with E-state index in [1.54, 1.807) is 18.5 Å². The van der Waals surface area contributed by atoms with E-state index in [2.05, 4.69) is 15.7 Å². The Kier molecular flexibility index (Phi) is 4.52. The van der Waals surface area contributed by atoms with E-state index in [1.165, 1.54) is 32.1 Å². The number of aromatic nitrogens is 1. The second-order valence-corrected chi connectivity index (χ2v) is 4.78. The summed E-state index contributed by atoms with van der Waals surface area (Å²) in [6.07, 6.45) is 9.48. The number of nitrogens with zero attached hydrogens (tertiary/aromatic N) is 1. The number of amides is 1. The largest absolute Gasteiger partial charge is 0.352 e. The van der Waals surface area contributed by atoms with Crippen LogP contribution in [0.1, 0.15) is 42.5 Å². The Morgan fingerprint density at radius 2 is 2.17 bits per heavy atom. The van der Waals surface area contributed by atoms with Gasteiger partial charge in [-0.3, -0.25) is 15.6 Å². The Bertz CT molecular complexity index is 402. The zero-order valence-electron chi connectivity index (χ0n) is 10.5. The van der Waals surface area contributed by atoms with Gasteiger partial charge in [0.1, 0.15) is 0 Å². The Balaban J connectivity index is 1.90. The highest BCUT2D eigenvalue weighted by molar-refractivity contribution is 5.99. The normalized spacial score (nSPS) is 16.3. The van der Waals surface area contributed by atoms with Gasteiger partial charge >= 0.3 is 0 Å². The smallest absolute Gasteiger partial charge is 0.253 e. The first kappa shape index (κ1) is 12.8. The third-order valence-electron chi connectivity index (χ3n) is 3.50. The molecule has 1 heterocycles. The van der Waals surface area contributed by atoms with E-state index in [0.29, 0.717) is 17.2 Å². The standard InChI is InChI=1S/C13H20N4O/c14-17-12-9-15-7-6-11(12)13(18)16-8-10-4-2-1-3-5-10/h6-7,9-10,17H,1-5,8,14H2,(H,16,18). The number of hydrogen-bond acceptors (Lipinski definition) is 4. The molecule has 0 bridgehead atoms. The van der Waals surface area contributed by atoms with E-state index in [4.69, 9.17) is 5.84 Å². The predicted molar refractivity (Wildman–Crippen MR) is 71.0 cm³/mol. The number of hydrazine groups is 1. The van der Waals surface area contributed by atoms with Crippen molar-refractivity contribution in [3.05, 3.63) is 24.0 Å². The summed E-state index contributed by atoms with van der Waals surface area (Å²) in [5, 5.41) is 2.98. The van der Waals surface area contributed by atoms with Crippen molar-refractivity contribution in [1.82, 2.24) is 10.3 Å². The van der Waals surface area contributed by atoms with Gasteiger partial charge in [-0.15, -0.1) is 0 Å². The number of pyridine rings is 1. The van der Waals surface area contributed by atoms with Crippen molar-refractivity contribution in [2.75, 3.05) is 12.0 Å². The molecule has 0 spiro atoms. The summed E-state index contributed by atoms with van der Waals surface area (Å²) >= 11 is 0. The van der Waals surface area contributed by atoms with E-state index in [-0.39, 0.29) is 5.91 Å². The lowest BCUT2D eigenvalue weighted by molar-refractivity contribution is 0.0944. The van der Waals surface area contributed by atoms with Gasteiger partial charge in [0.25, 0.3) is 5.91 Å². The van der Waals surface area contributed by atoms with Gasteiger partial charge in [-0.2, -0.15) is 0 Å². The molecule has 4 N–H and O–H groups in total. The van der Waals surface area contributed by atoms with Gasteiger partial charge in [-0.1, -0.05) is 19.3 Å². The molecule has 1 saturated carbocycles. The van der Waals surface area contributed by atoms with Crippen molar-refractivity contribution >= 4 is 11.6 Å². The first-order chi connectivity index (χ1) is 8.81. The molecule has 0 aromatic carbocycles. The van der Waals surface area contributed by atoms with Gasteiger partial charge in [0.15, 0.2) is 0 Å². The quantitative estimate of drug-likeness (QED) is 0.559. The summed E-state index contributed by atoms with van der Waals surface area (Å²) in [5.41, 5.74) is 3.59. The van der Waals surface area contributed by atoms with Gasteiger partial charge < -0.3 is 10.7 Å². The molecule has 98 valence electrons. The Hall–Kier alpha value is -1.62. The molecule has 0 unspecified atom stereocenters. The molecule has 1 fully saturated rings. The van der Waals surface area contributed by atoms with Crippen LogP contribution in [-0.4, -0.2) is 17.4 Å². The van der Waals surface area contributed by atoms with Crippen LogP contribution in [0.5, 0.6) is 0 Å². The van der Waals surface area contributed by atoms with Gasteiger partial charge in [0.2, 0.25) is 0 Å². The van der Waals surface area contributed by atoms with Crippen LogP contribution in [0.2, 0.25) is 0 Å². The molecule has 0 aliphatic heterocycles. The first-order valence-corrected chi connectivity index (χ1v) is 6.50. The van der Waals surface area contributed by atoms with Gasteiger partial charge in [0, 0.05) is 12.7 Å². The average molecular weight is 248 g/mol. The Morgan fingerprint density at radius 3 is 2.89 bits per heavy atom. The number of carbonyl (C=O) groups excluding carboxylic acids is 1. The number of hydrogen-bond donors (Lipinski definition) is 3. The van der Waals surface area contributed by atoms with Crippen LogP contribution >= 0.6 is 0 Å². The molecule has 0 saturated heterocycles. The summed E-state index contributed by atoms with van der Waals surface area (Å²) < 4.78 is 0. The van der Waals surface area contributed by atoms with Crippen molar-refractivity contribution in [3.8, 4) is 0 Å². The summed E-state index contributed by atoms with van der Waals surface area (Å²) in [7, 11) is 0. The van der Waals surface area contributed by atoms with E-state index < -0.39 is 0 Å². The van der Waals surface area contributed by atoms with Gasteiger partial charge in [0.05, 0.1) is 17.4 Å². The molecular formula is C13H20N4O. The summed E-state index contributed by atoms with van der Waals surface area (Å²) in [6, 6.07) is 1.67. The van der Waals surface area contributed by atoms with Crippen LogP contribution < -0.4 is 16.6 Å². The Morgan fingerprint density at radius 1 is 1.39 bits per heavy atom. The van der Waals surface area contributed by atoms with Crippen molar-refractivity contribution in [2.24, 2.45) is 11.8 Å². The maximum Gasteiger partial charge on any atom is 0.253 e. The molecule has 5 nitrogen and oxygen atoms in total. The fraction of sp³-hybridized carbons (Fsp3) is 0.538. The van der Waals surface area contributed by atoms with Gasteiger partial charge in [-0.25, -0.2) is 0 Å². The van der Waals surface area contributed by atoms with E-state index in [1.807, 2.05) is 0 Å². The molecule has 0 atom stereocenters. The zero-order valence-corrected chi connectivity index (χ0v) is 10.5. The first-order valence-electron chi connectivity index (χ1n) is 6.50. The molecule has 1 aromatic heterocycles. The van der Waals surface area contributed by atoms with Crippen molar-refractivity contribution in [3.63, 3.8) is 0 Å². The molecule has 5 heteroatoms. The third-order valence-corrected chi connectivity index (χ3v) is 3.50. The summed E-state index contributed by atoms with van der Waals surface area (Å²) in [4.78, 5) is 16.0. The summed E-state index contributed by atoms with van der Waals surface area (Å²) in [5.74, 6) is 5.89. The summed E-state index contributed by atoms with van der Waals surface area (Å²) in [6.45, 7) is 0.755. The second-order valence-electron chi connectivity index (χ2n) is 4.78. The number of carbonyl (C=O) groups is 1. The second kappa shape index (κ2) is 6.35. The number of anilines is 1. The van der Waals surface area contributed by atoms with Crippen molar-refractivity contribution < 1.29 is 4.79 Å². The van der Waals surface area contributed by atoms with Crippen LogP contribution in [-0.2, 0) is 0 Å². The molecule has 1 aliphatic carbocycles. The fourth-order valence-electron chi connectivity index (χ4n) is 2.43. The third kappa shape index (κ3) is 3.20. The number of rotatable bonds is 4. The minimum Gasteiger partial charge on any atom is -0.352 e.